The minimum atomic E-state index is -0.953. The van der Waals surface area contributed by atoms with Gasteiger partial charge in [0.1, 0.15) is 11.0 Å². The van der Waals surface area contributed by atoms with Crippen LogP contribution in [0.5, 0.6) is 0 Å². The predicted octanol–water partition coefficient (Wildman–Crippen LogP) is 3.31. The van der Waals surface area contributed by atoms with E-state index in [9.17, 15) is 9.59 Å². The maximum Gasteiger partial charge on any atom is 0.409 e. The highest BCUT2D eigenvalue weighted by molar-refractivity contribution is 6.29. The van der Waals surface area contributed by atoms with E-state index >= 15 is 0 Å². The molecule has 0 fully saturated rings. The van der Waals surface area contributed by atoms with E-state index in [0.29, 0.717) is 34.4 Å². The number of halogens is 1. The van der Waals surface area contributed by atoms with Crippen molar-refractivity contribution in [1.29, 1.82) is 0 Å². The average molecular weight is 413 g/mol. The first-order chi connectivity index (χ1) is 14.1. The smallest absolute Gasteiger partial charge is 0.409 e. The largest absolute Gasteiger partial charge is 0.420 e. The first-order valence-electron chi connectivity index (χ1n) is 8.87. The van der Waals surface area contributed by atoms with Gasteiger partial charge in [0.15, 0.2) is 5.65 Å². The number of methoxy groups -OCH3 is 1. The topological polar surface area (TPSA) is 93.6 Å². The summed E-state index contributed by atoms with van der Waals surface area (Å²) in [5.74, 6) is -0.00710. The average Bonchev–Trinajstić information content (AvgIpc) is 2.99. The maximum absolute atomic E-state index is 13.1. The van der Waals surface area contributed by atoms with Gasteiger partial charge in [-0.1, -0.05) is 29.8 Å². The van der Waals surface area contributed by atoms with Crippen molar-refractivity contribution in [3.05, 3.63) is 64.8 Å². The third-order valence-corrected chi connectivity index (χ3v) is 4.67. The summed E-state index contributed by atoms with van der Waals surface area (Å²) in [4.78, 5) is 35.3. The number of benzene rings is 1. The molecule has 8 nitrogen and oxygen atoms in total. The number of nitrogens with one attached hydrogen (secondary N) is 1. The van der Waals surface area contributed by atoms with Crippen LogP contribution in [0.1, 0.15) is 22.1 Å². The van der Waals surface area contributed by atoms with Crippen molar-refractivity contribution in [2.45, 2.75) is 6.23 Å². The summed E-state index contributed by atoms with van der Waals surface area (Å²) in [6.07, 6.45) is -1.62. The van der Waals surface area contributed by atoms with Gasteiger partial charge in [-0.25, -0.2) is 14.8 Å². The zero-order valence-corrected chi connectivity index (χ0v) is 16.2. The van der Waals surface area contributed by atoms with Gasteiger partial charge in [-0.3, -0.25) is 9.69 Å². The fourth-order valence-corrected chi connectivity index (χ4v) is 3.26. The molecule has 2 aromatic heterocycles. The lowest BCUT2D eigenvalue weighted by Crippen LogP contribution is -2.35. The lowest BCUT2D eigenvalue weighted by Gasteiger charge is -2.24. The molecule has 1 N–H and O–H groups in total. The van der Waals surface area contributed by atoms with E-state index in [1.54, 1.807) is 48.5 Å². The molecule has 9 heteroatoms. The highest BCUT2D eigenvalue weighted by Gasteiger charge is 2.41. The maximum atomic E-state index is 13.1. The number of aromatic nitrogens is 2. The fourth-order valence-electron chi connectivity index (χ4n) is 3.12. The molecule has 4 rings (SSSR count). The second-order valence-electron chi connectivity index (χ2n) is 6.29. The van der Waals surface area contributed by atoms with Gasteiger partial charge in [0, 0.05) is 30.2 Å². The summed E-state index contributed by atoms with van der Waals surface area (Å²) in [7, 11) is 1.53. The molecule has 0 saturated heterocycles. The standard InChI is InChI=1S/C20H17ClN4O4/c1-28-11-10-22-20(27)29-19-14-5-3-2-4-13(14)18(26)25(19)16-9-7-12-6-8-15(21)23-17(12)24-16/h2-9,19H,10-11H2,1H3,(H,22,27). The van der Waals surface area contributed by atoms with Crippen molar-refractivity contribution < 1.29 is 19.1 Å². The van der Waals surface area contributed by atoms with Crippen LogP contribution in [0, 0.1) is 0 Å². The van der Waals surface area contributed by atoms with E-state index in [4.69, 9.17) is 21.1 Å². The SMILES string of the molecule is COCCNC(=O)OC1c2ccccc2C(=O)N1c1ccc2ccc(Cl)nc2n1. The van der Waals surface area contributed by atoms with Crippen molar-refractivity contribution in [3.8, 4) is 0 Å². The van der Waals surface area contributed by atoms with Gasteiger partial charge in [0.25, 0.3) is 5.91 Å². The van der Waals surface area contributed by atoms with E-state index < -0.39 is 12.3 Å². The van der Waals surface area contributed by atoms with Crippen molar-refractivity contribution in [1.82, 2.24) is 15.3 Å². The van der Waals surface area contributed by atoms with Crippen LogP contribution in [0.25, 0.3) is 11.0 Å². The molecule has 148 valence electrons. The molecular formula is C20H17ClN4O4. The van der Waals surface area contributed by atoms with Crippen LogP contribution in [-0.4, -0.2) is 42.2 Å². The van der Waals surface area contributed by atoms with Gasteiger partial charge in [0.2, 0.25) is 6.23 Å². The first kappa shape index (κ1) is 19.1. The Bertz CT molecular complexity index is 1090. The molecule has 29 heavy (non-hydrogen) atoms. The first-order valence-corrected chi connectivity index (χ1v) is 9.25. The predicted molar refractivity (Wildman–Crippen MR) is 107 cm³/mol. The van der Waals surface area contributed by atoms with Crippen LogP contribution in [-0.2, 0) is 9.47 Å². The number of hydrogen-bond acceptors (Lipinski definition) is 6. The molecule has 1 aromatic carbocycles. The number of anilines is 1. The number of ether oxygens (including phenoxy) is 2. The minimum Gasteiger partial charge on any atom is -0.420 e. The molecule has 1 aliphatic heterocycles. The Morgan fingerprint density at radius 1 is 1.17 bits per heavy atom. The Morgan fingerprint density at radius 3 is 2.79 bits per heavy atom. The summed E-state index contributed by atoms with van der Waals surface area (Å²) in [6, 6.07) is 13.9. The molecule has 1 atom stereocenters. The molecular weight excluding hydrogens is 396 g/mol. The number of pyridine rings is 2. The van der Waals surface area contributed by atoms with E-state index in [2.05, 4.69) is 15.3 Å². The van der Waals surface area contributed by atoms with Gasteiger partial charge < -0.3 is 14.8 Å². The third kappa shape index (κ3) is 3.72. The van der Waals surface area contributed by atoms with Crippen molar-refractivity contribution in [2.24, 2.45) is 0 Å². The summed E-state index contributed by atoms with van der Waals surface area (Å²) >= 11 is 5.97. The normalized spacial score (nSPS) is 15.4. The minimum absolute atomic E-state index is 0.286. The molecule has 0 bridgehead atoms. The quantitative estimate of drug-likeness (QED) is 0.510. The number of hydrogen-bond donors (Lipinski definition) is 1. The van der Waals surface area contributed by atoms with Crippen LogP contribution in [0.4, 0.5) is 10.6 Å². The number of alkyl carbamates (subject to hydrolysis) is 1. The third-order valence-electron chi connectivity index (χ3n) is 4.46. The second kappa shape index (κ2) is 8.02. The Balaban J connectivity index is 1.70. The van der Waals surface area contributed by atoms with Gasteiger partial charge in [0.05, 0.1) is 6.61 Å². The molecule has 3 aromatic rings. The summed E-state index contributed by atoms with van der Waals surface area (Å²) in [5.41, 5.74) is 1.42. The van der Waals surface area contributed by atoms with Gasteiger partial charge in [-0.05, 0) is 30.3 Å². The van der Waals surface area contributed by atoms with Crippen LogP contribution in [0.2, 0.25) is 5.15 Å². The highest BCUT2D eigenvalue weighted by Crippen LogP contribution is 2.37. The Kier molecular flexibility index (Phi) is 5.28. The zero-order chi connectivity index (χ0) is 20.4. The summed E-state index contributed by atoms with van der Waals surface area (Å²) < 4.78 is 10.5. The Morgan fingerprint density at radius 2 is 1.97 bits per heavy atom. The van der Waals surface area contributed by atoms with Crippen LogP contribution < -0.4 is 10.2 Å². The van der Waals surface area contributed by atoms with Crippen LogP contribution >= 0.6 is 11.6 Å². The van der Waals surface area contributed by atoms with E-state index in [0.717, 1.165) is 5.39 Å². The summed E-state index contributed by atoms with van der Waals surface area (Å²) in [6.45, 7) is 0.631. The van der Waals surface area contributed by atoms with Crippen molar-refractivity contribution in [2.75, 3.05) is 25.2 Å². The number of rotatable bonds is 5. The molecule has 0 spiro atoms. The molecule has 0 saturated carbocycles. The number of carbonyl (C=O) groups excluding carboxylic acids is 2. The van der Waals surface area contributed by atoms with Crippen molar-refractivity contribution >= 4 is 40.5 Å². The highest BCUT2D eigenvalue weighted by atomic mass is 35.5. The zero-order valence-electron chi connectivity index (χ0n) is 15.5. The molecule has 0 radical (unpaired) electrons. The van der Waals surface area contributed by atoms with Crippen molar-refractivity contribution in [3.63, 3.8) is 0 Å². The molecule has 1 unspecified atom stereocenters. The monoisotopic (exact) mass is 412 g/mol. The Hall–Kier alpha value is -3.23. The van der Waals surface area contributed by atoms with Gasteiger partial charge in [-0.2, -0.15) is 0 Å². The van der Waals surface area contributed by atoms with Gasteiger partial charge in [-0.15, -0.1) is 0 Å². The molecule has 2 amide bonds. The van der Waals surface area contributed by atoms with E-state index in [1.165, 1.54) is 12.0 Å². The van der Waals surface area contributed by atoms with E-state index in [-0.39, 0.29) is 12.5 Å². The Labute approximate surface area is 171 Å². The number of fused-ring (bicyclic) bond motifs is 2. The lowest BCUT2D eigenvalue weighted by atomic mass is 10.1. The molecule has 0 aliphatic carbocycles. The number of carbonyl (C=O) groups is 2. The number of nitrogens with zero attached hydrogens (tertiary/aromatic N) is 3. The van der Waals surface area contributed by atoms with Crippen LogP contribution in [0.15, 0.2) is 48.5 Å². The lowest BCUT2D eigenvalue weighted by molar-refractivity contribution is 0.0819. The van der Waals surface area contributed by atoms with Crippen LogP contribution in [0.3, 0.4) is 0 Å². The fraction of sp³-hybridized carbons (Fsp3) is 0.200. The molecule has 3 heterocycles. The van der Waals surface area contributed by atoms with E-state index in [1.807, 2.05) is 0 Å². The number of amides is 2. The van der Waals surface area contributed by atoms with Gasteiger partial charge >= 0.3 is 6.09 Å². The summed E-state index contributed by atoms with van der Waals surface area (Å²) in [5, 5.41) is 3.66. The molecule has 1 aliphatic rings. The second-order valence-corrected chi connectivity index (χ2v) is 6.68.